The second-order valence-electron chi connectivity index (χ2n) is 3.08. The molecule has 0 saturated heterocycles. The molecule has 2 heterocycles. The van der Waals surface area contributed by atoms with Crippen LogP contribution in [-0.4, -0.2) is 23.0 Å². The summed E-state index contributed by atoms with van der Waals surface area (Å²) in [5.74, 6) is 1.80. The van der Waals surface area contributed by atoms with E-state index < -0.39 is 0 Å². The molecule has 0 aliphatic rings. The molecule has 0 aromatic carbocycles. The molecule has 0 radical (unpaired) electrons. The first-order chi connectivity index (χ1) is 6.85. The molecule has 2 aromatic heterocycles. The third-order valence-corrected chi connectivity index (χ3v) is 2.18. The van der Waals surface area contributed by atoms with E-state index >= 15 is 0 Å². The zero-order valence-electron chi connectivity index (χ0n) is 8.10. The number of pyridine rings is 1. The number of ether oxygens (including phenoxy) is 1. The van der Waals surface area contributed by atoms with Crippen LogP contribution in [0.4, 0.5) is 0 Å². The number of imidazole rings is 1. The van der Waals surface area contributed by atoms with Crippen LogP contribution >= 0.6 is 0 Å². The molecule has 74 valence electrons. The van der Waals surface area contributed by atoms with E-state index in [4.69, 9.17) is 10.5 Å². The van der Waals surface area contributed by atoms with Crippen LogP contribution < -0.4 is 10.5 Å². The van der Waals surface area contributed by atoms with Crippen LogP contribution in [-0.2, 0) is 6.42 Å². The lowest BCUT2D eigenvalue weighted by molar-refractivity contribution is 0.412. The molecule has 0 aliphatic heterocycles. The van der Waals surface area contributed by atoms with E-state index in [1.807, 2.05) is 28.9 Å². The summed E-state index contributed by atoms with van der Waals surface area (Å²) in [7, 11) is 1.65. The number of nitrogens with two attached hydrogens (primary N) is 1. The third-order valence-electron chi connectivity index (χ3n) is 2.18. The highest BCUT2D eigenvalue weighted by Crippen LogP contribution is 2.14. The van der Waals surface area contributed by atoms with Gasteiger partial charge in [-0.3, -0.25) is 4.40 Å². The maximum absolute atomic E-state index is 5.50. The molecule has 4 nitrogen and oxygen atoms in total. The molecule has 4 heteroatoms. The molecular weight excluding hydrogens is 178 g/mol. The first-order valence-electron chi connectivity index (χ1n) is 4.55. The van der Waals surface area contributed by atoms with Crippen LogP contribution in [0.15, 0.2) is 24.5 Å². The Morgan fingerprint density at radius 1 is 1.50 bits per heavy atom. The van der Waals surface area contributed by atoms with E-state index in [0.29, 0.717) is 6.54 Å². The molecule has 0 bridgehead atoms. The van der Waals surface area contributed by atoms with Crippen molar-refractivity contribution in [1.29, 1.82) is 0 Å². The van der Waals surface area contributed by atoms with Gasteiger partial charge in [-0.25, -0.2) is 4.98 Å². The molecule has 2 rings (SSSR count). The van der Waals surface area contributed by atoms with Gasteiger partial charge in [-0.05, 0) is 18.7 Å². The van der Waals surface area contributed by atoms with Crippen LogP contribution in [0.5, 0.6) is 5.75 Å². The monoisotopic (exact) mass is 191 g/mol. The Morgan fingerprint density at radius 3 is 3.07 bits per heavy atom. The first kappa shape index (κ1) is 9.02. The molecule has 0 amide bonds. The van der Waals surface area contributed by atoms with Gasteiger partial charge in [0.25, 0.3) is 0 Å². The highest BCUT2D eigenvalue weighted by molar-refractivity contribution is 5.48. The smallest absolute Gasteiger partial charge is 0.135 e. The van der Waals surface area contributed by atoms with Gasteiger partial charge in [0.1, 0.15) is 11.6 Å². The lowest BCUT2D eigenvalue weighted by Crippen LogP contribution is -2.06. The topological polar surface area (TPSA) is 52.5 Å². The third kappa shape index (κ3) is 1.44. The predicted molar refractivity (Wildman–Crippen MR) is 54.5 cm³/mol. The zero-order chi connectivity index (χ0) is 9.97. The molecule has 0 unspecified atom stereocenters. The lowest BCUT2D eigenvalue weighted by Gasteiger charge is -2.02. The van der Waals surface area contributed by atoms with Gasteiger partial charge < -0.3 is 10.5 Å². The van der Waals surface area contributed by atoms with Crippen molar-refractivity contribution in [1.82, 2.24) is 9.38 Å². The summed E-state index contributed by atoms with van der Waals surface area (Å²) in [6.07, 6.45) is 4.54. The van der Waals surface area contributed by atoms with E-state index in [-0.39, 0.29) is 0 Å². The minimum atomic E-state index is 0.607. The van der Waals surface area contributed by atoms with Crippen LogP contribution in [0.1, 0.15) is 5.82 Å². The summed E-state index contributed by atoms with van der Waals surface area (Å²) in [6.45, 7) is 0.607. The van der Waals surface area contributed by atoms with Crippen molar-refractivity contribution in [2.24, 2.45) is 5.73 Å². The van der Waals surface area contributed by atoms with Gasteiger partial charge in [-0.2, -0.15) is 0 Å². The molecule has 0 fully saturated rings. The number of rotatable bonds is 3. The van der Waals surface area contributed by atoms with Crippen molar-refractivity contribution in [2.75, 3.05) is 13.7 Å². The van der Waals surface area contributed by atoms with Crippen molar-refractivity contribution in [3.63, 3.8) is 0 Å². The SMILES string of the molecule is COc1ccc2cnc(CCN)n2c1. The van der Waals surface area contributed by atoms with Crippen molar-refractivity contribution in [3.8, 4) is 5.75 Å². The summed E-state index contributed by atoms with van der Waals surface area (Å²) < 4.78 is 7.15. The zero-order valence-corrected chi connectivity index (χ0v) is 8.10. The number of nitrogens with zero attached hydrogens (tertiary/aromatic N) is 2. The molecule has 0 saturated carbocycles. The molecule has 2 N–H and O–H groups in total. The fraction of sp³-hybridized carbons (Fsp3) is 0.300. The molecule has 0 aliphatic carbocycles. The van der Waals surface area contributed by atoms with Gasteiger partial charge in [-0.15, -0.1) is 0 Å². The second-order valence-corrected chi connectivity index (χ2v) is 3.08. The van der Waals surface area contributed by atoms with Crippen LogP contribution in [0.25, 0.3) is 5.52 Å². The number of methoxy groups -OCH3 is 1. The normalized spacial score (nSPS) is 10.7. The van der Waals surface area contributed by atoms with Gasteiger partial charge in [0.05, 0.1) is 25.0 Å². The van der Waals surface area contributed by atoms with E-state index in [9.17, 15) is 0 Å². The van der Waals surface area contributed by atoms with Crippen LogP contribution in [0, 0.1) is 0 Å². The van der Waals surface area contributed by atoms with E-state index in [1.54, 1.807) is 7.11 Å². The second kappa shape index (κ2) is 3.67. The fourth-order valence-corrected chi connectivity index (χ4v) is 1.46. The fourth-order valence-electron chi connectivity index (χ4n) is 1.46. The number of aromatic nitrogens is 2. The summed E-state index contributed by atoms with van der Waals surface area (Å²) in [4.78, 5) is 4.29. The van der Waals surface area contributed by atoms with Gasteiger partial charge >= 0.3 is 0 Å². The van der Waals surface area contributed by atoms with E-state index in [1.165, 1.54) is 0 Å². The lowest BCUT2D eigenvalue weighted by atomic mass is 10.4. The van der Waals surface area contributed by atoms with Crippen molar-refractivity contribution in [2.45, 2.75) is 6.42 Å². The molecule has 14 heavy (non-hydrogen) atoms. The molecule has 0 atom stereocenters. The Bertz CT molecular complexity index is 436. The van der Waals surface area contributed by atoms with Gasteiger partial charge in [0.15, 0.2) is 0 Å². The minimum Gasteiger partial charge on any atom is -0.495 e. The standard InChI is InChI=1S/C10H13N3O/c1-14-9-3-2-8-6-12-10(4-5-11)13(8)7-9/h2-3,6-7H,4-5,11H2,1H3. The van der Waals surface area contributed by atoms with Crippen LogP contribution in [0.2, 0.25) is 0 Å². The number of hydrogen-bond donors (Lipinski definition) is 1. The minimum absolute atomic E-state index is 0.607. The maximum Gasteiger partial charge on any atom is 0.135 e. The van der Waals surface area contributed by atoms with Crippen molar-refractivity contribution < 1.29 is 4.74 Å². The highest BCUT2D eigenvalue weighted by atomic mass is 16.5. The number of fused-ring (bicyclic) bond motifs is 1. The average Bonchev–Trinajstić information content (AvgIpc) is 2.61. The number of hydrogen-bond acceptors (Lipinski definition) is 3. The van der Waals surface area contributed by atoms with Crippen molar-refractivity contribution in [3.05, 3.63) is 30.4 Å². The van der Waals surface area contributed by atoms with Crippen LogP contribution in [0.3, 0.4) is 0 Å². The molecular formula is C10H13N3O. The average molecular weight is 191 g/mol. The molecule has 0 spiro atoms. The van der Waals surface area contributed by atoms with Gasteiger partial charge in [-0.1, -0.05) is 0 Å². The molecule has 2 aromatic rings. The van der Waals surface area contributed by atoms with Gasteiger partial charge in [0.2, 0.25) is 0 Å². The van der Waals surface area contributed by atoms with E-state index in [0.717, 1.165) is 23.5 Å². The quantitative estimate of drug-likeness (QED) is 0.782. The summed E-state index contributed by atoms with van der Waals surface area (Å²) in [5.41, 5.74) is 6.56. The Balaban J connectivity index is 2.52. The van der Waals surface area contributed by atoms with Crippen molar-refractivity contribution >= 4 is 5.52 Å². The van der Waals surface area contributed by atoms with Gasteiger partial charge in [0, 0.05) is 6.42 Å². The maximum atomic E-state index is 5.50. The van der Waals surface area contributed by atoms with E-state index in [2.05, 4.69) is 4.98 Å². The Labute approximate surface area is 82.3 Å². The largest absolute Gasteiger partial charge is 0.495 e. The summed E-state index contributed by atoms with van der Waals surface area (Å²) >= 11 is 0. The predicted octanol–water partition coefficient (Wildman–Crippen LogP) is 0.844. The summed E-state index contributed by atoms with van der Waals surface area (Å²) in [6, 6.07) is 3.90. The first-order valence-corrected chi connectivity index (χ1v) is 4.55. The Morgan fingerprint density at radius 2 is 2.36 bits per heavy atom. The Kier molecular flexibility index (Phi) is 2.37. The Hall–Kier alpha value is -1.55. The summed E-state index contributed by atoms with van der Waals surface area (Å²) in [5, 5.41) is 0. The highest BCUT2D eigenvalue weighted by Gasteiger charge is 2.02.